The lowest BCUT2D eigenvalue weighted by Gasteiger charge is -2.02. The second kappa shape index (κ2) is 10.2. The number of rotatable bonds is 2. The van der Waals surface area contributed by atoms with Gasteiger partial charge in [-0.25, -0.2) is 26.6 Å². The molecule has 0 fully saturated rings. The van der Waals surface area contributed by atoms with E-state index in [2.05, 4.69) is 55.4 Å². The Balaban J connectivity index is 0.000000148. The molecule has 4 aromatic heterocycles. The molecule has 6 rings (SSSR count). The first-order valence-electron chi connectivity index (χ1n) is 10.5. The molecule has 0 unspecified atom stereocenters. The highest BCUT2D eigenvalue weighted by Crippen LogP contribution is 2.30. The maximum atomic E-state index is 13.8. The summed E-state index contributed by atoms with van der Waals surface area (Å²) >= 11 is 4.28. The van der Waals surface area contributed by atoms with E-state index in [-0.39, 0.29) is 11.1 Å². The van der Waals surface area contributed by atoms with Crippen LogP contribution in [0.2, 0.25) is 0 Å². The van der Waals surface area contributed by atoms with Gasteiger partial charge in [-0.05, 0) is 81.6 Å². The number of benzene rings is 2. The summed E-state index contributed by atoms with van der Waals surface area (Å²) in [6.45, 7) is 0. The summed E-state index contributed by atoms with van der Waals surface area (Å²) in [5.74, 6) is -3.38. The number of pyridine rings is 2. The van der Waals surface area contributed by atoms with Crippen LogP contribution >= 0.6 is 45.2 Å². The van der Waals surface area contributed by atoms with Gasteiger partial charge in [-0.3, -0.25) is 0 Å². The van der Waals surface area contributed by atoms with Crippen molar-refractivity contribution in [2.75, 3.05) is 0 Å². The van der Waals surface area contributed by atoms with Crippen molar-refractivity contribution in [2.24, 2.45) is 0 Å². The van der Waals surface area contributed by atoms with Gasteiger partial charge in [-0.1, -0.05) is 36.4 Å². The van der Waals surface area contributed by atoms with Crippen molar-refractivity contribution in [3.05, 3.63) is 116 Å². The maximum absolute atomic E-state index is 13.8. The van der Waals surface area contributed by atoms with Crippen LogP contribution in [-0.2, 0) is 0 Å². The summed E-state index contributed by atoms with van der Waals surface area (Å²) < 4.78 is 59.3. The minimum absolute atomic E-state index is 0.229. The van der Waals surface area contributed by atoms with E-state index in [1.54, 1.807) is 33.6 Å². The fourth-order valence-electron chi connectivity index (χ4n) is 3.79. The molecule has 4 heterocycles. The lowest BCUT2D eigenvalue weighted by atomic mass is 10.1. The van der Waals surface area contributed by atoms with Crippen LogP contribution in [0.25, 0.3) is 33.3 Å². The van der Waals surface area contributed by atoms with Gasteiger partial charge < -0.3 is 0 Å². The molecule has 0 atom stereocenters. The van der Waals surface area contributed by atoms with E-state index in [0.717, 1.165) is 30.6 Å². The van der Waals surface area contributed by atoms with Crippen molar-refractivity contribution in [2.45, 2.75) is 0 Å². The lowest BCUT2D eigenvalue weighted by molar-refractivity contribution is 0.511. The third-order valence-electron chi connectivity index (χ3n) is 5.48. The summed E-state index contributed by atoms with van der Waals surface area (Å²) in [6, 6.07) is 19.5. The van der Waals surface area contributed by atoms with Crippen molar-refractivity contribution in [3.63, 3.8) is 0 Å². The Morgan fingerprint density at radius 1 is 0.500 bits per heavy atom. The summed E-state index contributed by atoms with van der Waals surface area (Å²) in [5, 5.41) is 8.37. The first kappa shape index (κ1) is 24.7. The summed E-state index contributed by atoms with van der Waals surface area (Å²) in [5.41, 5.74) is 3.15. The molecule has 4 nitrogen and oxygen atoms in total. The molecule has 180 valence electrons. The average molecular weight is 712 g/mol. The van der Waals surface area contributed by atoms with E-state index in [9.17, 15) is 17.6 Å². The zero-order valence-electron chi connectivity index (χ0n) is 18.1. The quantitative estimate of drug-likeness (QED) is 0.105. The first-order valence-corrected chi connectivity index (χ1v) is 12.7. The molecule has 36 heavy (non-hydrogen) atoms. The number of halogens is 6. The average Bonchev–Trinajstić information content (AvgIpc) is 3.49. The lowest BCUT2D eigenvalue weighted by Crippen LogP contribution is -1.92. The minimum Gasteiger partial charge on any atom is -0.227 e. The van der Waals surface area contributed by atoms with Crippen molar-refractivity contribution < 1.29 is 17.6 Å². The predicted octanol–water partition coefficient (Wildman–Crippen LogP) is 7.77. The second-order valence-corrected chi connectivity index (χ2v) is 9.82. The van der Waals surface area contributed by atoms with Crippen molar-refractivity contribution in [1.82, 2.24) is 19.2 Å². The van der Waals surface area contributed by atoms with E-state index in [1.807, 2.05) is 36.4 Å². The molecule has 0 saturated carbocycles. The topological polar surface area (TPSA) is 34.6 Å². The molecule has 0 N–H and O–H groups in total. The monoisotopic (exact) mass is 712 g/mol. The zero-order valence-corrected chi connectivity index (χ0v) is 22.5. The molecule has 0 radical (unpaired) electrons. The molecule has 0 aliphatic carbocycles. The van der Waals surface area contributed by atoms with Gasteiger partial charge in [-0.15, -0.1) is 0 Å². The fraction of sp³-hybridized carbons (Fsp3) is 0. The first-order chi connectivity index (χ1) is 17.4. The van der Waals surface area contributed by atoms with Crippen LogP contribution in [0.4, 0.5) is 17.6 Å². The van der Waals surface area contributed by atoms with Crippen LogP contribution in [0.5, 0.6) is 0 Å². The van der Waals surface area contributed by atoms with Crippen molar-refractivity contribution in [3.8, 4) is 22.3 Å². The number of aromatic nitrogens is 4. The smallest absolute Gasteiger partial charge is 0.166 e. The molecule has 0 amide bonds. The molecule has 6 aromatic rings. The number of hydrogen-bond donors (Lipinski definition) is 0. The van der Waals surface area contributed by atoms with Crippen molar-refractivity contribution >= 4 is 56.2 Å². The van der Waals surface area contributed by atoms with Gasteiger partial charge in [0.1, 0.15) is 7.40 Å². The highest BCUT2D eigenvalue weighted by atomic mass is 127. The normalized spacial score (nSPS) is 11.1. The molecule has 0 bridgehead atoms. The van der Waals surface area contributed by atoms with Crippen LogP contribution in [-0.4, -0.2) is 19.2 Å². The van der Waals surface area contributed by atoms with Gasteiger partial charge in [-0.2, -0.15) is 10.2 Å². The Hall–Kier alpha value is -3.00. The van der Waals surface area contributed by atoms with E-state index in [0.29, 0.717) is 11.1 Å². The maximum Gasteiger partial charge on any atom is 0.166 e. The third kappa shape index (κ3) is 4.47. The number of hydrogen-bond acceptors (Lipinski definition) is 2. The van der Waals surface area contributed by atoms with Crippen LogP contribution in [0.1, 0.15) is 0 Å². The van der Waals surface area contributed by atoms with E-state index in [4.69, 9.17) is 0 Å². The summed E-state index contributed by atoms with van der Waals surface area (Å²) in [4.78, 5) is 0. The zero-order chi connectivity index (χ0) is 25.4. The molecule has 0 saturated heterocycles. The molecular formula is C26H14F4I2N4. The largest absolute Gasteiger partial charge is 0.227 e. The van der Waals surface area contributed by atoms with Crippen LogP contribution in [0.15, 0.2) is 85.2 Å². The predicted molar refractivity (Wildman–Crippen MR) is 147 cm³/mol. The molecule has 10 heteroatoms. The van der Waals surface area contributed by atoms with Gasteiger partial charge in [0.2, 0.25) is 0 Å². The van der Waals surface area contributed by atoms with Crippen LogP contribution in [0, 0.1) is 30.7 Å². The Morgan fingerprint density at radius 3 is 1.31 bits per heavy atom. The Labute approximate surface area is 229 Å². The molecular weight excluding hydrogens is 698 g/mol. The highest BCUT2D eigenvalue weighted by Gasteiger charge is 2.15. The Bertz CT molecular complexity index is 1600. The van der Waals surface area contributed by atoms with Gasteiger partial charge in [0.15, 0.2) is 23.3 Å². The summed E-state index contributed by atoms with van der Waals surface area (Å²) in [7, 11) is 0. The molecule has 0 spiro atoms. The van der Waals surface area contributed by atoms with Crippen LogP contribution < -0.4 is 0 Å². The molecule has 0 aliphatic heterocycles. The number of fused-ring (bicyclic) bond motifs is 2. The highest BCUT2D eigenvalue weighted by molar-refractivity contribution is 14.1. The van der Waals surface area contributed by atoms with Crippen LogP contribution in [0.3, 0.4) is 0 Å². The second-order valence-electron chi connectivity index (χ2n) is 7.61. The fourth-order valence-corrected chi connectivity index (χ4v) is 4.98. The SMILES string of the molecule is Fc1cccc(-c2cnn3c(I)cccc23)c1F.Fc1cccc(-c2cnn3c(I)cccc23)c1F. The summed E-state index contributed by atoms with van der Waals surface area (Å²) in [6.07, 6.45) is 3.10. The number of nitrogens with zero attached hydrogens (tertiary/aromatic N) is 4. The third-order valence-corrected chi connectivity index (χ3v) is 7.11. The van der Waals surface area contributed by atoms with Gasteiger partial charge in [0.05, 0.1) is 23.4 Å². The van der Waals surface area contributed by atoms with E-state index in [1.165, 1.54) is 12.1 Å². The van der Waals surface area contributed by atoms with E-state index < -0.39 is 23.3 Å². The van der Waals surface area contributed by atoms with Gasteiger partial charge >= 0.3 is 0 Å². The van der Waals surface area contributed by atoms with E-state index >= 15 is 0 Å². The van der Waals surface area contributed by atoms with Gasteiger partial charge in [0.25, 0.3) is 0 Å². The van der Waals surface area contributed by atoms with Gasteiger partial charge in [0, 0.05) is 22.3 Å². The molecule has 0 aliphatic rings. The minimum atomic E-state index is -0.850. The van der Waals surface area contributed by atoms with Crippen molar-refractivity contribution in [1.29, 1.82) is 0 Å². The standard InChI is InChI=1S/2C13H7F2IN2/c2*14-10-4-1-3-8(13(10)15)9-7-17-18-11(9)5-2-6-12(18)16/h2*1-7H. The molecule has 2 aromatic carbocycles. The Kier molecular flexibility index (Phi) is 6.97. The Morgan fingerprint density at radius 2 is 0.889 bits per heavy atom.